The molecule has 1 aliphatic heterocycles. The van der Waals surface area contributed by atoms with Crippen LogP contribution in [-0.4, -0.2) is 23.0 Å². The lowest BCUT2D eigenvalue weighted by molar-refractivity contribution is 0.108. The highest BCUT2D eigenvalue weighted by molar-refractivity contribution is 5.07. The van der Waals surface area contributed by atoms with E-state index in [4.69, 9.17) is 4.42 Å². The number of nitrogens with one attached hydrogen (secondary N) is 1. The molecule has 3 heteroatoms. The van der Waals surface area contributed by atoms with Crippen LogP contribution in [0.4, 0.5) is 0 Å². The van der Waals surface area contributed by atoms with Crippen molar-refractivity contribution in [2.24, 2.45) is 5.92 Å². The summed E-state index contributed by atoms with van der Waals surface area (Å²) in [6.07, 6.45) is 2.66. The smallest absolute Gasteiger partial charge is 0.118 e. The van der Waals surface area contributed by atoms with E-state index in [1.807, 2.05) is 0 Å². The summed E-state index contributed by atoms with van der Waals surface area (Å²) in [6, 6.07) is 4.91. The summed E-state index contributed by atoms with van der Waals surface area (Å²) in [4.78, 5) is 2.55. The molecule has 0 radical (unpaired) electrons. The molecule has 2 rings (SSSR count). The Morgan fingerprint density at radius 3 is 2.60 bits per heavy atom. The first-order chi connectivity index (χ1) is 9.33. The second-order valence-corrected chi connectivity index (χ2v) is 7.43. The number of hydrogen-bond donors (Lipinski definition) is 1. The maximum atomic E-state index is 5.96. The van der Waals surface area contributed by atoms with Crippen molar-refractivity contribution in [2.45, 2.75) is 72.1 Å². The van der Waals surface area contributed by atoms with Crippen LogP contribution >= 0.6 is 0 Å². The molecule has 0 amide bonds. The maximum absolute atomic E-state index is 5.96. The standard InChI is InChI=1S/C17H30N2O/c1-13-6-7-14(2)19(11-13)12-16-9-8-15(20-16)10-18-17(3,4)5/h8-9,13-14,18H,6-7,10-12H2,1-5H3. The van der Waals surface area contributed by atoms with Crippen molar-refractivity contribution in [3.63, 3.8) is 0 Å². The molecule has 0 aromatic carbocycles. The van der Waals surface area contributed by atoms with Crippen LogP contribution in [0.2, 0.25) is 0 Å². The molecule has 0 spiro atoms. The molecule has 2 heterocycles. The molecule has 0 aliphatic carbocycles. The fourth-order valence-electron chi connectivity index (χ4n) is 2.75. The van der Waals surface area contributed by atoms with Gasteiger partial charge in [0.2, 0.25) is 0 Å². The largest absolute Gasteiger partial charge is 0.463 e. The van der Waals surface area contributed by atoms with E-state index >= 15 is 0 Å². The summed E-state index contributed by atoms with van der Waals surface area (Å²) in [5, 5.41) is 3.46. The van der Waals surface area contributed by atoms with Gasteiger partial charge >= 0.3 is 0 Å². The Morgan fingerprint density at radius 1 is 1.20 bits per heavy atom. The van der Waals surface area contributed by atoms with Crippen LogP contribution < -0.4 is 5.32 Å². The third kappa shape index (κ3) is 4.64. The minimum absolute atomic E-state index is 0.129. The SMILES string of the molecule is CC1CCC(C)N(Cc2ccc(CNC(C)(C)C)o2)C1. The first-order valence-electron chi connectivity index (χ1n) is 7.90. The van der Waals surface area contributed by atoms with Gasteiger partial charge in [-0.15, -0.1) is 0 Å². The van der Waals surface area contributed by atoms with E-state index in [-0.39, 0.29) is 5.54 Å². The van der Waals surface area contributed by atoms with E-state index < -0.39 is 0 Å². The lowest BCUT2D eigenvalue weighted by Gasteiger charge is -2.36. The number of piperidine rings is 1. The zero-order valence-corrected chi connectivity index (χ0v) is 13.7. The number of hydrogen-bond acceptors (Lipinski definition) is 3. The topological polar surface area (TPSA) is 28.4 Å². The maximum Gasteiger partial charge on any atom is 0.118 e. The van der Waals surface area contributed by atoms with Crippen LogP contribution in [0.25, 0.3) is 0 Å². The molecule has 1 N–H and O–H groups in total. The van der Waals surface area contributed by atoms with Crippen molar-refractivity contribution in [3.8, 4) is 0 Å². The monoisotopic (exact) mass is 278 g/mol. The van der Waals surface area contributed by atoms with Crippen LogP contribution in [0.15, 0.2) is 16.5 Å². The summed E-state index contributed by atoms with van der Waals surface area (Å²) in [5.41, 5.74) is 0.129. The fraction of sp³-hybridized carbons (Fsp3) is 0.765. The Labute approximate surface area is 123 Å². The molecule has 2 atom stereocenters. The quantitative estimate of drug-likeness (QED) is 0.908. The summed E-state index contributed by atoms with van der Waals surface area (Å²) in [5.74, 6) is 2.94. The fourth-order valence-corrected chi connectivity index (χ4v) is 2.75. The number of nitrogens with zero attached hydrogens (tertiary/aromatic N) is 1. The van der Waals surface area contributed by atoms with Crippen molar-refractivity contribution in [1.29, 1.82) is 0 Å². The molecule has 1 saturated heterocycles. The minimum Gasteiger partial charge on any atom is -0.463 e. The van der Waals surface area contributed by atoms with Gasteiger partial charge in [-0.25, -0.2) is 0 Å². The zero-order valence-electron chi connectivity index (χ0n) is 13.7. The second-order valence-electron chi connectivity index (χ2n) is 7.43. The molecule has 1 aliphatic rings. The third-order valence-electron chi connectivity index (χ3n) is 4.12. The highest BCUT2D eigenvalue weighted by Crippen LogP contribution is 2.23. The van der Waals surface area contributed by atoms with Crippen LogP contribution in [0.3, 0.4) is 0 Å². The Bertz CT molecular complexity index is 419. The first kappa shape index (κ1) is 15.6. The molecule has 1 aromatic heterocycles. The Hall–Kier alpha value is -0.800. The van der Waals surface area contributed by atoms with E-state index in [0.29, 0.717) is 6.04 Å². The third-order valence-corrected chi connectivity index (χ3v) is 4.12. The molecule has 0 bridgehead atoms. The van der Waals surface area contributed by atoms with Crippen LogP contribution in [-0.2, 0) is 13.1 Å². The predicted molar refractivity (Wildman–Crippen MR) is 83.6 cm³/mol. The molecular formula is C17H30N2O. The van der Waals surface area contributed by atoms with Crippen molar-refractivity contribution in [1.82, 2.24) is 10.2 Å². The molecule has 0 saturated carbocycles. The van der Waals surface area contributed by atoms with Crippen molar-refractivity contribution < 1.29 is 4.42 Å². The minimum atomic E-state index is 0.129. The molecule has 1 aromatic rings. The van der Waals surface area contributed by atoms with Crippen LogP contribution in [0.5, 0.6) is 0 Å². The Balaban J connectivity index is 1.89. The van der Waals surface area contributed by atoms with Crippen LogP contribution in [0.1, 0.15) is 59.0 Å². The van der Waals surface area contributed by atoms with Crippen molar-refractivity contribution in [2.75, 3.05) is 6.54 Å². The molecule has 3 nitrogen and oxygen atoms in total. The van der Waals surface area contributed by atoms with Gasteiger partial charge in [0, 0.05) is 18.1 Å². The van der Waals surface area contributed by atoms with E-state index in [1.54, 1.807) is 0 Å². The van der Waals surface area contributed by atoms with Gasteiger partial charge in [-0.2, -0.15) is 0 Å². The van der Waals surface area contributed by atoms with Gasteiger partial charge in [-0.3, -0.25) is 4.90 Å². The molecule has 1 fully saturated rings. The van der Waals surface area contributed by atoms with Gasteiger partial charge in [0.1, 0.15) is 11.5 Å². The average molecular weight is 278 g/mol. The molecule has 2 unspecified atom stereocenters. The highest BCUT2D eigenvalue weighted by atomic mass is 16.3. The lowest BCUT2D eigenvalue weighted by atomic mass is 9.95. The van der Waals surface area contributed by atoms with Gasteiger partial charge in [0.25, 0.3) is 0 Å². The van der Waals surface area contributed by atoms with E-state index in [2.05, 4.69) is 57.0 Å². The van der Waals surface area contributed by atoms with Gasteiger partial charge < -0.3 is 9.73 Å². The average Bonchev–Trinajstić information content (AvgIpc) is 2.78. The summed E-state index contributed by atoms with van der Waals surface area (Å²) < 4.78 is 5.96. The van der Waals surface area contributed by atoms with Gasteiger partial charge in [0.05, 0.1) is 13.1 Å². The van der Waals surface area contributed by atoms with Gasteiger partial charge in [0.15, 0.2) is 0 Å². The Kier molecular flexibility index (Phi) is 4.92. The predicted octanol–water partition coefficient (Wildman–Crippen LogP) is 3.79. The molecule has 20 heavy (non-hydrogen) atoms. The Morgan fingerprint density at radius 2 is 1.90 bits per heavy atom. The lowest BCUT2D eigenvalue weighted by Crippen LogP contribution is -2.40. The second kappa shape index (κ2) is 6.31. The number of furan rings is 1. The van der Waals surface area contributed by atoms with E-state index in [0.717, 1.165) is 30.5 Å². The first-order valence-corrected chi connectivity index (χ1v) is 7.90. The highest BCUT2D eigenvalue weighted by Gasteiger charge is 2.23. The summed E-state index contributed by atoms with van der Waals surface area (Å²) >= 11 is 0. The zero-order chi connectivity index (χ0) is 14.8. The van der Waals surface area contributed by atoms with Crippen molar-refractivity contribution in [3.05, 3.63) is 23.7 Å². The number of likely N-dealkylation sites (tertiary alicyclic amines) is 1. The summed E-state index contributed by atoms with van der Waals surface area (Å²) in [6.45, 7) is 14.1. The number of rotatable bonds is 4. The van der Waals surface area contributed by atoms with E-state index in [1.165, 1.54) is 19.4 Å². The summed E-state index contributed by atoms with van der Waals surface area (Å²) in [7, 11) is 0. The van der Waals surface area contributed by atoms with E-state index in [9.17, 15) is 0 Å². The normalized spacial score (nSPS) is 25.1. The van der Waals surface area contributed by atoms with Crippen molar-refractivity contribution >= 4 is 0 Å². The molecule has 114 valence electrons. The van der Waals surface area contributed by atoms with Gasteiger partial charge in [-0.05, 0) is 58.6 Å². The molecular weight excluding hydrogens is 248 g/mol. The van der Waals surface area contributed by atoms with Gasteiger partial charge in [-0.1, -0.05) is 6.92 Å². The van der Waals surface area contributed by atoms with Crippen LogP contribution in [0, 0.1) is 5.92 Å².